The second kappa shape index (κ2) is 9.38. The molecule has 2 N–H and O–H groups in total. The van der Waals surface area contributed by atoms with Crippen molar-refractivity contribution >= 4 is 34.9 Å². The first-order chi connectivity index (χ1) is 13.1. The second-order valence-electron chi connectivity index (χ2n) is 5.70. The predicted molar refractivity (Wildman–Crippen MR) is 97.1 cm³/mol. The number of hydrogen-bond donors (Lipinski definition) is 2. The van der Waals surface area contributed by atoms with Crippen LogP contribution in [0.1, 0.15) is 0 Å². The predicted octanol–water partition coefficient (Wildman–Crippen LogP) is 3.14. The molecule has 0 saturated heterocycles. The number of likely N-dealkylation sites (N-methyl/N-ethyl adjacent to an activating group) is 1. The van der Waals surface area contributed by atoms with E-state index in [1.807, 2.05) is 0 Å². The van der Waals surface area contributed by atoms with Crippen molar-refractivity contribution in [2.24, 2.45) is 0 Å². The maximum atomic E-state index is 12.1. The largest absolute Gasteiger partial charge is 0.573 e. The molecule has 2 amide bonds. The van der Waals surface area contributed by atoms with E-state index in [4.69, 9.17) is 11.6 Å². The van der Waals surface area contributed by atoms with E-state index in [1.165, 1.54) is 23.2 Å². The molecule has 0 spiro atoms. The Balaban J connectivity index is 1.78. The second-order valence-corrected chi connectivity index (χ2v) is 6.14. The molecule has 1 aromatic heterocycles. The molecule has 11 heteroatoms. The number of halogens is 4. The zero-order chi connectivity index (χ0) is 20.7. The number of nitrogens with zero attached hydrogens (tertiary/aromatic N) is 2. The maximum Gasteiger partial charge on any atom is 0.573 e. The van der Waals surface area contributed by atoms with Crippen molar-refractivity contribution < 1.29 is 27.5 Å². The Bertz CT molecular complexity index is 814. The van der Waals surface area contributed by atoms with Crippen LogP contribution in [0.2, 0.25) is 5.02 Å². The van der Waals surface area contributed by atoms with Crippen LogP contribution >= 0.6 is 11.6 Å². The third-order valence-corrected chi connectivity index (χ3v) is 3.42. The number of ether oxygens (including phenoxy) is 1. The Morgan fingerprint density at radius 3 is 2.21 bits per heavy atom. The molecule has 0 saturated carbocycles. The minimum absolute atomic E-state index is 0.0733. The minimum atomic E-state index is -4.78. The number of amides is 2. The van der Waals surface area contributed by atoms with E-state index >= 15 is 0 Å². The summed E-state index contributed by atoms with van der Waals surface area (Å²) >= 11 is 5.71. The molecule has 0 radical (unpaired) electrons. The normalized spacial score (nSPS) is 11.2. The molecular formula is C17H16ClF3N4O3. The van der Waals surface area contributed by atoms with Crippen LogP contribution in [-0.4, -0.2) is 48.2 Å². The highest BCUT2D eigenvalue weighted by atomic mass is 35.5. The Morgan fingerprint density at radius 2 is 1.68 bits per heavy atom. The fourth-order valence-electron chi connectivity index (χ4n) is 2.12. The summed E-state index contributed by atoms with van der Waals surface area (Å²) in [7, 11) is 1.56. The van der Waals surface area contributed by atoms with Crippen molar-refractivity contribution in [3.05, 3.63) is 47.6 Å². The van der Waals surface area contributed by atoms with Crippen LogP contribution in [0.5, 0.6) is 5.75 Å². The third kappa shape index (κ3) is 7.80. The van der Waals surface area contributed by atoms with Gasteiger partial charge < -0.3 is 15.4 Å². The van der Waals surface area contributed by atoms with Gasteiger partial charge in [0.1, 0.15) is 11.6 Å². The summed E-state index contributed by atoms with van der Waals surface area (Å²) in [6.07, 6.45) is -3.39. The van der Waals surface area contributed by atoms with E-state index in [2.05, 4.69) is 20.4 Å². The number of benzene rings is 1. The van der Waals surface area contributed by atoms with Gasteiger partial charge in [0.25, 0.3) is 0 Å². The summed E-state index contributed by atoms with van der Waals surface area (Å²) in [5.41, 5.74) is 0.294. The van der Waals surface area contributed by atoms with Crippen molar-refractivity contribution in [2.45, 2.75) is 6.36 Å². The molecule has 2 aromatic rings. The lowest BCUT2D eigenvalue weighted by Gasteiger charge is -2.16. The zero-order valence-electron chi connectivity index (χ0n) is 14.6. The SMILES string of the molecule is CN(CC(=O)Nc1ccc(OC(F)(F)F)cc1)CC(=O)Nc1ccc(Cl)cn1. The number of pyridine rings is 1. The topological polar surface area (TPSA) is 83.6 Å². The molecular weight excluding hydrogens is 401 g/mol. The molecule has 0 bridgehead atoms. The number of aromatic nitrogens is 1. The monoisotopic (exact) mass is 416 g/mol. The van der Waals surface area contributed by atoms with Crippen molar-refractivity contribution in [3.63, 3.8) is 0 Å². The quantitative estimate of drug-likeness (QED) is 0.724. The highest BCUT2D eigenvalue weighted by molar-refractivity contribution is 6.30. The van der Waals surface area contributed by atoms with Crippen LogP contribution in [-0.2, 0) is 9.59 Å². The van der Waals surface area contributed by atoms with Gasteiger partial charge in [-0.15, -0.1) is 13.2 Å². The van der Waals surface area contributed by atoms with Gasteiger partial charge >= 0.3 is 6.36 Å². The van der Waals surface area contributed by atoms with Gasteiger partial charge in [0.15, 0.2) is 0 Å². The first-order valence-corrected chi connectivity index (χ1v) is 8.24. The number of rotatable bonds is 7. The van der Waals surface area contributed by atoms with Crippen molar-refractivity contribution in [1.82, 2.24) is 9.88 Å². The lowest BCUT2D eigenvalue weighted by Crippen LogP contribution is -2.36. The molecule has 0 aliphatic rings. The minimum Gasteiger partial charge on any atom is -0.406 e. The van der Waals surface area contributed by atoms with Gasteiger partial charge in [-0.05, 0) is 43.4 Å². The van der Waals surface area contributed by atoms with Crippen LogP contribution in [0.25, 0.3) is 0 Å². The number of nitrogens with one attached hydrogen (secondary N) is 2. The van der Waals surface area contributed by atoms with E-state index in [-0.39, 0.29) is 19.0 Å². The summed E-state index contributed by atoms with van der Waals surface area (Å²) in [6, 6.07) is 7.83. The van der Waals surface area contributed by atoms with E-state index < -0.39 is 18.0 Å². The molecule has 1 aromatic carbocycles. The van der Waals surface area contributed by atoms with Crippen LogP contribution in [0.4, 0.5) is 24.7 Å². The van der Waals surface area contributed by atoms with E-state index in [0.29, 0.717) is 16.5 Å². The van der Waals surface area contributed by atoms with Crippen molar-refractivity contribution in [2.75, 3.05) is 30.8 Å². The lowest BCUT2D eigenvalue weighted by molar-refractivity contribution is -0.274. The highest BCUT2D eigenvalue weighted by Gasteiger charge is 2.30. The summed E-state index contributed by atoms with van der Waals surface area (Å²) < 4.78 is 40.1. The fraction of sp³-hybridized carbons (Fsp3) is 0.235. The summed E-state index contributed by atoms with van der Waals surface area (Å²) in [5, 5.41) is 5.51. The van der Waals surface area contributed by atoms with Crippen LogP contribution in [0.15, 0.2) is 42.6 Å². The first kappa shape index (κ1) is 21.5. The third-order valence-electron chi connectivity index (χ3n) is 3.19. The molecule has 2 rings (SSSR count). The van der Waals surface area contributed by atoms with E-state index in [9.17, 15) is 22.8 Å². The number of anilines is 2. The fourth-order valence-corrected chi connectivity index (χ4v) is 2.23. The average molecular weight is 417 g/mol. The highest BCUT2D eigenvalue weighted by Crippen LogP contribution is 2.23. The number of alkyl halides is 3. The maximum absolute atomic E-state index is 12.1. The standard InChI is InChI=1S/C17H16ClF3N4O3/c1-25(10-16(27)24-14-7-2-11(18)8-22-14)9-15(26)23-12-3-5-13(6-4-12)28-17(19,20)21/h2-8H,9-10H2,1H3,(H,23,26)(H,22,24,27). The lowest BCUT2D eigenvalue weighted by atomic mass is 10.3. The molecule has 28 heavy (non-hydrogen) atoms. The smallest absolute Gasteiger partial charge is 0.406 e. The Kier molecular flexibility index (Phi) is 7.18. The van der Waals surface area contributed by atoms with Gasteiger partial charge in [-0.2, -0.15) is 0 Å². The number of carbonyl (C=O) groups is 2. The molecule has 0 unspecified atom stereocenters. The Labute approximate surface area is 163 Å². The molecule has 0 fully saturated rings. The molecule has 1 heterocycles. The van der Waals surface area contributed by atoms with Gasteiger partial charge in [-0.1, -0.05) is 11.6 Å². The first-order valence-electron chi connectivity index (χ1n) is 7.86. The van der Waals surface area contributed by atoms with E-state index in [0.717, 1.165) is 12.1 Å². The van der Waals surface area contributed by atoms with Crippen LogP contribution in [0.3, 0.4) is 0 Å². The van der Waals surface area contributed by atoms with Crippen molar-refractivity contribution in [3.8, 4) is 5.75 Å². The molecule has 150 valence electrons. The zero-order valence-corrected chi connectivity index (χ0v) is 15.3. The van der Waals surface area contributed by atoms with Gasteiger partial charge in [0, 0.05) is 11.9 Å². The molecule has 0 aliphatic heterocycles. The van der Waals surface area contributed by atoms with Crippen LogP contribution < -0.4 is 15.4 Å². The van der Waals surface area contributed by atoms with Crippen molar-refractivity contribution in [1.29, 1.82) is 0 Å². The van der Waals surface area contributed by atoms with E-state index in [1.54, 1.807) is 19.2 Å². The van der Waals surface area contributed by atoms with Gasteiger partial charge in [0.2, 0.25) is 11.8 Å². The van der Waals surface area contributed by atoms with Gasteiger partial charge in [0.05, 0.1) is 18.1 Å². The number of hydrogen-bond acceptors (Lipinski definition) is 5. The average Bonchev–Trinajstić information content (AvgIpc) is 2.57. The Morgan fingerprint density at radius 1 is 1.07 bits per heavy atom. The van der Waals surface area contributed by atoms with Gasteiger partial charge in [-0.3, -0.25) is 14.5 Å². The summed E-state index contributed by atoms with van der Waals surface area (Å²) in [4.78, 5) is 29.3. The summed E-state index contributed by atoms with van der Waals surface area (Å²) in [6.45, 7) is -0.182. The van der Waals surface area contributed by atoms with Crippen LogP contribution in [0, 0.1) is 0 Å². The molecule has 7 nitrogen and oxygen atoms in total. The number of carbonyl (C=O) groups excluding carboxylic acids is 2. The van der Waals surface area contributed by atoms with Gasteiger partial charge in [-0.25, -0.2) is 4.98 Å². The Hall–Kier alpha value is -2.85. The molecule has 0 atom stereocenters. The summed E-state index contributed by atoms with van der Waals surface area (Å²) in [5.74, 6) is -0.883. The molecule has 0 aliphatic carbocycles.